The zero-order valence-corrected chi connectivity index (χ0v) is 23.1. The number of rotatable bonds is 3. The SMILES string of the molecule is CC(C)c1nc2c([nH]1)COc1c-2ccc2cc(-c3ccc4c(c3)c3c(c5[nH]c(C(C)C)nc54)NCN=C3)sc12. The summed E-state index contributed by atoms with van der Waals surface area (Å²) in [6, 6.07) is 13.3. The van der Waals surface area contributed by atoms with E-state index in [1.807, 2.05) is 6.21 Å². The maximum absolute atomic E-state index is 6.32. The molecule has 194 valence electrons. The summed E-state index contributed by atoms with van der Waals surface area (Å²) in [6.45, 7) is 9.73. The highest BCUT2D eigenvalue weighted by Gasteiger charge is 2.26. The minimum Gasteiger partial charge on any atom is -0.485 e. The van der Waals surface area contributed by atoms with Crippen LogP contribution in [0.1, 0.15) is 62.4 Å². The largest absolute Gasteiger partial charge is 0.485 e. The van der Waals surface area contributed by atoms with Gasteiger partial charge in [0.2, 0.25) is 0 Å². The Kier molecular flexibility index (Phi) is 4.77. The third-order valence-corrected chi connectivity index (χ3v) is 9.01. The van der Waals surface area contributed by atoms with Gasteiger partial charge in [0.1, 0.15) is 30.7 Å². The normalized spacial score (nSPS) is 14.2. The summed E-state index contributed by atoms with van der Waals surface area (Å²) >= 11 is 1.78. The third-order valence-electron chi connectivity index (χ3n) is 7.81. The highest BCUT2D eigenvalue weighted by Crippen LogP contribution is 2.47. The number of H-pyrrole nitrogens is 2. The first-order valence-electron chi connectivity index (χ1n) is 13.5. The number of anilines is 1. The fourth-order valence-corrected chi connectivity index (χ4v) is 6.90. The van der Waals surface area contributed by atoms with Crippen LogP contribution in [0.3, 0.4) is 0 Å². The van der Waals surface area contributed by atoms with E-state index in [2.05, 4.69) is 84.4 Å². The number of imidazole rings is 2. The average Bonchev–Trinajstić information content (AvgIpc) is 3.69. The first-order chi connectivity index (χ1) is 19.0. The molecule has 7 nitrogen and oxygen atoms in total. The highest BCUT2D eigenvalue weighted by atomic mass is 32.1. The molecule has 0 saturated heterocycles. The molecular weight excluding hydrogens is 504 g/mol. The molecule has 0 amide bonds. The van der Waals surface area contributed by atoms with Crippen molar-refractivity contribution >= 4 is 55.1 Å². The van der Waals surface area contributed by atoms with Crippen LogP contribution in [0.5, 0.6) is 5.75 Å². The summed E-state index contributed by atoms with van der Waals surface area (Å²) in [5.41, 5.74) is 8.58. The lowest BCUT2D eigenvalue weighted by Gasteiger charge is -2.17. The number of benzene rings is 3. The molecule has 0 bridgehead atoms. The van der Waals surface area contributed by atoms with Gasteiger partial charge in [0.15, 0.2) is 0 Å². The molecule has 0 fully saturated rings. The molecule has 6 aromatic rings. The molecule has 3 aromatic carbocycles. The third kappa shape index (κ3) is 3.31. The maximum Gasteiger partial charge on any atom is 0.147 e. The number of ether oxygens (including phenoxy) is 1. The number of hydrogen-bond acceptors (Lipinski definition) is 6. The number of aromatic nitrogens is 4. The first kappa shape index (κ1) is 22.8. The van der Waals surface area contributed by atoms with Crippen LogP contribution in [0.15, 0.2) is 41.4 Å². The molecular formula is C31H28N6OS. The van der Waals surface area contributed by atoms with Crippen LogP contribution in [0.4, 0.5) is 5.69 Å². The molecule has 0 atom stereocenters. The Labute approximate surface area is 229 Å². The van der Waals surface area contributed by atoms with E-state index in [-0.39, 0.29) is 0 Å². The van der Waals surface area contributed by atoms with E-state index in [4.69, 9.17) is 14.7 Å². The Hall–Kier alpha value is -4.17. The average molecular weight is 533 g/mol. The lowest BCUT2D eigenvalue weighted by molar-refractivity contribution is 0.302. The van der Waals surface area contributed by atoms with Crippen molar-refractivity contribution in [2.24, 2.45) is 4.99 Å². The van der Waals surface area contributed by atoms with Crippen LogP contribution in [0, 0.1) is 0 Å². The molecule has 0 spiro atoms. The second-order valence-electron chi connectivity index (χ2n) is 11.1. The van der Waals surface area contributed by atoms with Crippen molar-refractivity contribution in [3.05, 3.63) is 59.3 Å². The van der Waals surface area contributed by atoms with Gasteiger partial charge in [-0.1, -0.05) is 45.9 Å². The van der Waals surface area contributed by atoms with Crippen LogP contribution in [-0.4, -0.2) is 32.8 Å². The van der Waals surface area contributed by atoms with Gasteiger partial charge < -0.3 is 20.0 Å². The molecule has 5 heterocycles. The van der Waals surface area contributed by atoms with Crippen LogP contribution in [0.25, 0.3) is 53.6 Å². The second-order valence-corrected chi connectivity index (χ2v) is 12.1. The van der Waals surface area contributed by atoms with Crippen LogP contribution in [-0.2, 0) is 6.61 Å². The monoisotopic (exact) mass is 532 g/mol. The quantitative estimate of drug-likeness (QED) is 0.216. The zero-order valence-electron chi connectivity index (χ0n) is 22.3. The predicted molar refractivity (Wildman–Crippen MR) is 161 cm³/mol. The van der Waals surface area contributed by atoms with Crippen molar-refractivity contribution in [1.82, 2.24) is 19.9 Å². The molecule has 0 aliphatic carbocycles. The number of nitrogens with zero attached hydrogens (tertiary/aromatic N) is 3. The van der Waals surface area contributed by atoms with Gasteiger partial charge in [-0.3, -0.25) is 4.99 Å². The molecule has 3 N–H and O–H groups in total. The number of aliphatic imine (C=N–C) groups is 1. The summed E-state index contributed by atoms with van der Waals surface area (Å²) in [5.74, 6) is 3.61. The van der Waals surface area contributed by atoms with Crippen LogP contribution < -0.4 is 10.1 Å². The smallest absolute Gasteiger partial charge is 0.147 e. The Morgan fingerprint density at radius 3 is 2.62 bits per heavy atom. The van der Waals surface area contributed by atoms with Crippen LogP contribution in [0.2, 0.25) is 0 Å². The van der Waals surface area contributed by atoms with Crippen molar-refractivity contribution < 1.29 is 4.74 Å². The van der Waals surface area contributed by atoms with Crippen molar-refractivity contribution in [2.45, 2.75) is 46.1 Å². The molecule has 2 aliphatic rings. The minimum atomic E-state index is 0.320. The van der Waals surface area contributed by atoms with E-state index in [0.717, 1.165) is 72.1 Å². The number of fused-ring (bicyclic) bond motifs is 11. The van der Waals surface area contributed by atoms with Gasteiger partial charge in [-0.2, -0.15) is 0 Å². The Balaban J connectivity index is 1.30. The molecule has 0 saturated carbocycles. The van der Waals surface area contributed by atoms with E-state index in [1.165, 1.54) is 15.8 Å². The maximum atomic E-state index is 6.32. The van der Waals surface area contributed by atoms with E-state index in [0.29, 0.717) is 25.1 Å². The topological polar surface area (TPSA) is 91.0 Å². The van der Waals surface area contributed by atoms with Gasteiger partial charge in [0.25, 0.3) is 0 Å². The van der Waals surface area contributed by atoms with Crippen LogP contribution >= 0.6 is 11.3 Å². The van der Waals surface area contributed by atoms with Gasteiger partial charge in [0, 0.05) is 39.4 Å². The second kappa shape index (κ2) is 8.16. The van der Waals surface area contributed by atoms with E-state index in [1.54, 1.807) is 11.3 Å². The van der Waals surface area contributed by atoms with Gasteiger partial charge >= 0.3 is 0 Å². The lowest BCUT2D eigenvalue weighted by atomic mass is 9.97. The molecule has 3 aromatic heterocycles. The van der Waals surface area contributed by atoms with Gasteiger partial charge in [-0.05, 0) is 34.5 Å². The molecule has 8 heteroatoms. The molecule has 0 radical (unpaired) electrons. The Bertz CT molecular complexity index is 1990. The number of thiophene rings is 1. The standard InChI is InChI=1S/C31H28N6OS/c1-14(2)30-34-22-12-38-28-19(24(22)35-30)8-6-17-10-23(39-29(17)28)16-5-7-18-20(9-16)21-11-32-13-33-25(21)27-26(18)36-31(37-27)15(3)4/h5-11,14-15,33H,12-13H2,1-4H3,(H,34,35)(H,36,37). The Morgan fingerprint density at radius 2 is 1.77 bits per heavy atom. The fourth-order valence-electron chi connectivity index (χ4n) is 5.74. The molecule has 39 heavy (non-hydrogen) atoms. The summed E-state index contributed by atoms with van der Waals surface area (Å²) in [7, 11) is 0. The molecule has 8 rings (SSSR count). The van der Waals surface area contributed by atoms with E-state index >= 15 is 0 Å². The predicted octanol–water partition coefficient (Wildman–Crippen LogP) is 7.93. The van der Waals surface area contributed by atoms with Crippen molar-refractivity contribution in [3.63, 3.8) is 0 Å². The summed E-state index contributed by atoms with van der Waals surface area (Å²) in [5, 5.41) is 6.97. The van der Waals surface area contributed by atoms with Crippen molar-refractivity contribution in [1.29, 1.82) is 0 Å². The number of aromatic amines is 2. The summed E-state index contributed by atoms with van der Waals surface area (Å²) in [4.78, 5) is 22.7. The number of nitrogens with one attached hydrogen (secondary N) is 3. The Morgan fingerprint density at radius 1 is 0.923 bits per heavy atom. The zero-order chi connectivity index (χ0) is 26.4. The fraction of sp³-hybridized carbons (Fsp3) is 0.258. The van der Waals surface area contributed by atoms with Crippen molar-refractivity contribution in [3.8, 4) is 27.4 Å². The molecule has 2 aliphatic heterocycles. The first-order valence-corrected chi connectivity index (χ1v) is 14.3. The number of hydrogen-bond donors (Lipinski definition) is 3. The molecule has 0 unspecified atom stereocenters. The van der Waals surface area contributed by atoms with Gasteiger partial charge in [-0.25, -0.2) is 9.97 Å². The lowest BCUT2D eigenvalue weighted by Crippen LogP contribution is -2.09. The summed E-state index contributed by atoms with van der Waals surface area (Å²) < 4.78 is 7.49. The van der Waals surface area contributed by atoms with Gasteiger partial charge in [0.05, 0.1) is 32.8 Å². The minimum absolute atomic E-state index is 0.320. The summed E-state index contributed by atoms with van der Waals surface area (Å²) in [6.07, 6.45) is 2.00. The van der Waals surface area contributed by atoms with E-state index < -0.39 is 0 Å². The van der Waals surface area contributed by atoms with Gasteiger partial charge in [-0.15, -0.1) is 11.3 Å². The van der Waals surface area contributed by atoms with E-state index in [9.17, 15) is 0 Å². The highest BCUT2D eigenvalue weighted by molar-refractivity contribution is 7.22. The van der Waals surface area contributed by atoms with Crippen molar-refractivity contribution in [2.75, 3.05) is 12.0 Å².